The molecule has 0 atom stereocenters. The van der Waals surface area contributed by atoms with Gasteiger partial charge in [0.25, 0.3) is 0 Å². The Morgan fingerprint density at radius 1 is 0.542 bits per heavy atom. The van der Waals surface area contributed by atoms with Crippen molar-refractivity contribution in [1.82, 2.24) is 0 Å². The van der Waals surface area contributed by atoms with E-state index < -0.39 is 14.4 Å². The molecule has 1 saturated heterocycles. The molecule has 0 amide bonds. The van der Waals surface area contributed by atoms with Gasteiger partial charge in [0.2, 0.25) is 0 Å². The number of rotatable bonds is 7. The quantitative estimate of drug-likeness (QED) is 0.144. The predicted octanol–water partition coefficient (Wildman–Crippen LogP) is 6.32. The standard InChI is InChI=1S/C12H10BFO2.C12H8BrF.C12H8F.C4H8O.C3H9BO3.BrH.ClH.2Mg.2H/c14-12-7-3-10(4-8-12)9-1-5-11(6-2-9)13(15)16;13-11-5-1-9(2-6-11)10-3-7-12(14)8-4-10;13-12-8-6-11(7-9-12)10-4-2-1-3-5-10;1-2-4-5-3-1;1-5-4(6-2)7-3;;;;;;/h1-8,15-16H;1-8H;2-9H;1-4H2;1-3H3;2*1H;;;;/q;;-1;;;;;2*+2;2*-1/p-1. The first kappa shape index (κ1) is 58.9. The van der Waals surface area contributed by atoms with Crippen LogP contribution in [-0.4, -0.2) is 105 Å². The number of ether oxygens (including phenoxy) is 1. The summed E-state index contributed by atoms with van der Waals surface area (Å²) in [5.41, 5.74) is 6.46. The number of hydrogen-bond acceptors (Lipinski definition) is 6. The zero-order valence-electron chi connectivity index (χ0n) is 35.1. The first-order chi connectivity index (χ1) is 26.6. The molecule has 59 heavy (non-hydrogen) atoms. The Kier molecular flexibility index (Phi) is 34.3. The van der Waals surface area contributed by atoms with Crippen LogP contribution < -0.4 is 22.4 Å². The summed E-state index contributed by atoms with van der Waals surface area (Å²) in [6, 6.07) is 44.4. The third kappa shape index (κ3) is 23.5. The molecule has 0 unspecified atom stereocenters. The van der Waals surface area contributed by atoms with Gasteiger partial charge in [0.15, 0.2) is 0 Å². The van der Waals surface area contributed by atoms with Gasteiger partial charge in [-0.1, -0.05) is 88.7 Å². The van der Waals surface area contributed by atoms with Gasteiger partial charge in [0.05, 0.1) is 0 Å². The monoisotopic (exact) mass is 978 g/mol. The van der Waals surface area contributed by atoms with E-state index in [-0.39, 0.29) is 95.8 Å². The molecule has 306 valence electrons. The molecule has 0 spiro atoms. The van der Waals surface area contributed by atoms with E-state index in [4.69, 9.17) is 14.8 Å². The SMILES string of the molecule is C1CCOC1.COB(OC)OC.Cl.Fc1ccc(-c2cc[c-]cc2)cc1.Fc1ccc(-c2ccc(Br)cc2)cc1.OB(O)c1ccc(-c2ccc(F)cc2)cc1.[Br-].[H-].[H-].[Mg+2].[Mg+2]. The average Bonchev–Trinajstić information content (AvgIpc) is 3.82. The molecule has 2 N–H and O–H groups in total. The maximum atomic E-state index is 12.7. The predicted molar refractivity (Wildman–Crippen MR) is 240 cm³/mol. The van der Waals surface area contributed by atoms with Gasteiger partial charge in [-0.25, -0.2) is 13.2 Å². The minimum absolute atomic E-state index is 0. The molecule has 7 rings (SSSR count). The third-order valence-corrected chi connectivity index (χ3v) is 8.24. The van der Waals surface area contributed by atoms with Gasteiger partial charge in [-0.2, -0.15) is 30.3 Å². The Hall–Kier alpha value is -2.22. The topological polar surface area (TPSA) is 77.4 Å². The maximum absolute atomic E-state index is 12.7. The van der Waals surface area contributed by atoms with Crippen molar-refractivity contribution in [3.63, 3.8) is 0 Å². The normalized spacial score (nSPS) is 10.5. The van der Waals surface area contributed by atoms with Crippen molar-refractivity contribution in [3.8, 4) is 33.4 Å². The number of hydrogen-bond donors (Lipinski definition) is 2. The average molecular weight is 981 g/mol. The van der Waals surface area contributed by atoms with Crippen LogP contribution in [0, 0.1) is 23.5 Å². The fraction of sp³-hybridized carbons (Fsp3) is 0.163. The smallest absolute Gasteiger partial charge is 1.00 e. The molecule has 6 aromatic rings. The first-order valence-electron chi connectivity index (χ1n) is 17.2. The Balaban J connectivity index is -0.000000339. The zero-order chi connectivity index (χ0) is 39.8. The fourth-order valence-corrected chi connectivity index (χ4v) is 5.06. The second-order valence-electron chi connectivity index (χ2n) is 11.6. The summed E-state index contributed by atoms with van der Waals surface area (Å²) in [6.07, 6.45) is 2.56. The molecule has 0 radical (unpaired) electrons. The molecule has 0 saturated carbocycles. The first-order valence-corrected chi connectivity index (χ1v) is 18.0. The summed E-state index contributed by atoms with van der Waals surface area (Å²) in [5.74, 6) is -0.678. The van der Waals surface area contributed by atoms with Crippen LogP contribution in [0.3, 0.4) is 0 Å². The molecule has 1 aliphatic rings. The second kappa shape index (κ2) is 34.4. The second-order valence-corrected chi connectivity index (χ2v) is 12.5. The third-order valence-electron chi connectivity index (χ3n) is 7.71. The van der Waals surface area contributed by atoms with Crippen LogP contribution in [0.4, 0.5) is 13.2 Å². The van der Waals surface area contributed by atoms with Crippen molar-refractivity contribution >= 4 is 94.3 Å². The largest absolute Gasteiger partial charge is 2.00 e. The summed E-state index contributed by atoms with van der Waals surface area (Å²) in [4.78, 5) is 0. The van der Waals surface area contributed by atoms with Crippen molar-refractivity contribution < 1.29 is 61.8 Å². The molecular weight excluding hydrogens is 935 g/mol. The fourth-order valence-electron chi connectivity index (χ4n) is 4.80. The van der Waals surface area contributed by atoms with Gasteiger partial charge in [-0.05, 0) is 94.7 Å². The molecule has 0 aliphatic carbocycles. The molecule has 16 heteroatoms. The molecule has 6 aromatic carbocycles. The van der Waals surface area contributed by atoms with Gasteiger partial charge in [-0.3, -0.25) is 0 Å². The van der Waals surface area contributed by atoms with Crippen molar-refractivity contribution in [2.45, 2.75) is 12.8 Å². The van der Waals surface area contributed by atoms with Crippen LogP contribution in [0.15, 0.2) is 150 Å². The minimum atomic E-state index is -1.46. The Bertz CT molecular complexity index is 1860. The van der Waals surface area contributed by atoms with Crippen LogP contribution in [0.25, 0.3) is 33.4 Å². The van der Waals surface area contributed by atoms with Crippen LogP contribution in [0.5, 0.6) is 0 Å². The van der Waals surface area contributed by atoms with Crippen LogP contribution in [0.2, 0.25) is 0 Å². The Morgan fingerprint density at radius 2 is 0.831 bits per heavy atom. The summed E-state index contributed by atoms with van der Waals surface area (Å²) in [7, 11) is 2.56. The zero-order valence-corrected chi connectivity index (χ0v) is 39.9. The van der Waals surface area contributed by atoms with Crippen molar-refractivity contribution in [2.75, 3.05) is 34.5 Å². The van der Waals surface area contributed by atoms with Crippen LogP contribution in [-0.2, 0) is 18.7 Å². The van der Waals surface area contributed by atoms with Gasteiger partial charge < -0.3 is 48.6 Å². The molecule has 0 bridgehead atoms. The summed E-state index contributed by atoms with van der Waals surface area (Å²) in [5, 5.41) is 17.9. The minimum Gasteiger partial charge on any atom is -1.00 e. The van der Waals surface area contributed by atoms with E-state index >= 15 is 0 Å². The van der Waals surface area contributed by atoms with Crippen LogP contribution >= 0.6 is 28.3 Å². The molecule has 1 heterocycles. The van der Waals surface area contributed by atoms with E-state index in [1.54, 1.807) is 60.7 Å². The summed E-state index contributed by atoms with van der Waals surface area (Å²) in [6.45, 7) is 2.00. The van der Waals surface area contributed by atoms with Gasteiger partial charge in [-0.15, -0.1) is 18.0 Å². The summed E-state index contributed by atoms with van der Waals surface area (Å²) < 4.78 is 57.8. The van der Waals surface area contributed by atoms with Crippen molar-refractivity contribution in [2.24, 2.45) is 0 Å². The van der Waals surface area contributed by atoms with Gasteiger partial charge in [0.1, 0.15) is 17.5 Å². The van der Waals surface area contributed by atoms with E-state index in [1.165, 1.54) is 70.6 Å². The molecule has 0 aromatic heterocycles. The van der Waals surface area contributed by atoms with Crippen LogP contribution in [0.1, 0.15) is 15.7 Å². The molecule has 1 aliphatic heterocycles. The molecule has 1 fully saturated rings. The summed E-state index contributed by atoms with van der Waals surface area (Å²) >= 11 is 3.37. The van der Waals surface area contributed by atoms with E-state index in [9.17, 15) is 13.2 Å². The number of halogens is 6. The number of benzene rings is 6. The molecular formula is C43H46B2Br2ClF3Mg2O6. The maximum Gasteiger partial charge on any atom is 2.00 e. The van der Waals surface area contributed by atoms with Crippen molar-refractivity contribution in [3.05, 3.63) is 174 Å². The van der Waals surface area contributed by atoms with Crippen molar-refractivity contribution in [1.29, 1.82) is 0 Å². The Labute approximate surface area is 407 Å². The van der Waals surface area contributed by atoms with E-state index in [0.717, 1.165) is 51.1 Å². The van der Waals surface area contributed by atoms with E-state index in [2.05, 4.69) is 36.0 Å². The van der Waals surface area contributed by atoms with Gasteiger partial charge >= 0.3 is 60.5 Å². The van der Waals surface area contributed by atoms with E-state index in [1.807, 2.05) is 48.5 Å². The molecule has 6 nitrogen and oxygen atoms in total. The Morgan fingerprint density at radius 3 is 1.08 bits per heavy atom. The van der Waals surface area contributed by atoms with Gasteiger partial charge in [0, 0.05) is 39.0 Å². The van der Waals surface area contributed by atoms with E-state index in [0.29, 0.717) is 5.46 Å².